The van der Waals surface area contributed by atoms with Crippen LogP contribution < -0.4 is 0 Å². The minimum Gasteiger partial charge on any atom is -0.477 e. The Morgan fingerprint density at radius 1 is 1.25 bits per heavy atom. The molecule has 1 heterocycles. The van der Waals surface area contributed by atoms with Crippen molar-refractivity contribution < 1.29 is 27.7 Å². The molecule has 1 aromatic heterocycles. The van der Waals surface area contributed by atoms with Crippen LogP contribution in [0.1, 0.15) is 29.9 Å². The van der Waals surface area contributed by atoms with Gasteiger partial charge in [-0.2, -0.15) is 8.78 Å². The van der Waals surface area contributed by atoms with E-state index in [1.54, 1.807) is 13.8 Å². The third-order valence-corrected chi connectivity index (χ3v) is 5.41. The second-order valence-corrected chi connectivity index (χ2v) is 7.13. The van der Waals surface area contributed by atoms with Gasteiger partial charge in [0, 0.05) is 21.6 Å². The fourth-order valence-corrected chi connectivity index (χ4v) is 4.06. The van der Waals surface area contributed by atoms with Crippen molar-refractivity contribution in [3.8, 4) is 0 Å². The summed E-state index contributed by atoms with van der Waals surface area (Å²) in [4.78, 5) is 14.8. The van der Waals surface area contributed by atoms with Crippen molar-refractivity contribution in [1.29, 1.82) is 0 Å². The van der Waals surface area contributed by atoms with E-state index in [1.165, 1.54) is 24.4 Å². The van der Waals surface area contributed by atoms with Gasteiger partial charge in [0.05, 0.1) is 13.2 Å². The van der Waals surface area contributed by atoms with Gasteiger partial charge in [0.15, 0.2) is 0 Å². The molecule has 5 nitrogen and oxygen atoms in total. The first kappa shape index (κ1) is 19.1. The first-order valence-corrected chi connectivity index (χ1v) is 9.05. The van der Waals surface area contributed by atoms with Gasteiger partial charge in [0.1, 0.15) is 5.69 Å². The molecule has 0 atom stereocenters. The van der Waals surface area contributed by atoms with E-state index in [1.807, 2.05) is 0 Å². The van der Waals surface area contributed by atoms with Gasteiger partial charge in [-0.25, -0.2) is 9.78 Å². The number of rotatable bonds is 7. The number of carboxylic acids is 1. The second-order valence-electron chi connectivity index (χ2n) is 4.69. The molecule has 1 aromatic carbocycles. The van der Waals surface area contributed by atoms with Gasteiger partial charge in [-0.15, -0.1) is 0 Å². The molecule has 0 aliphatic heterocycles. The lowest BCUT2D eigenvalue weighted by Gasteiger charge is -2.26. The van der Waals surface area contributed by atoms with E-state index in [2.05, 4.69) is 20.9 Å². The molecule has 130 valence electrons. The molecule has 1 N–H and O–H groups in total. The number of hydrogen-bond donors (Lipinski definition) is 1. The van der Waals surface area contributed by atoms with Crippen molar-refractivity contribution in [2.75, 3.05) is 13.2 Å². The van der Waals surface area contributed by atoms with E-state index in [9.17, 15) is 13.6 Å². The van der Waals surface area contributed by atoms with Crippen LogP contribution in [-0.4, -0.2) is 29.3 Å². The van der Waals surface area contributed by atoms with E-state index >= 15 is 0 Å². The number of nitrogens with zero attached hydrogens (tertiary/aromatic N) is 1. The molecule has 9 heteroatoms. The number of aromatic nitrogens is 1. The lowest BCUT2D eigenvalue weighted by atomic mass is 10.1. The predicted octanol–water partition coefficient (Wildman–Crippen LogP) is 5.13. The van der Waals surface area contributed by atoms with Gasteiger partial charge >= 0.3 is 11.6 Å². The van der Waals surface area contributed by atoms with Gasteiger partial charge in [0.2, 0.25) is 0 Å². The van der Waals surface area contributed by atoms with Crippen LogP contribution in [0.15, 0.2) is 28.9 Å². The average molecular weight is 422 g/mol. The molecule has 0 fully saturated rings. The third-order valence-electron chi connectivity index (χ3n) is 3.07. The third kappa shape index (κ3) is 3.88. The summed E-state index contributed by atoms with van der Waals surface area (Å²) in [5, 5.41) is 9.89. The smallest absolute Gasteiger partial charge is 0.354 e. The van der Waals surface area contributed by atoms with Crippen LogP contribution in [0.4, 0.5) is 8.78 Å². The van der Waals surface area contributed by atoms with Crippen LogP contribution in [0.25, 0.3) is 10.8 Å². The molecule has 0 amide bonds. The number of halogens is 3. The average Bonchev–Trinajstić information content (AvgIpc) is 2.53. The minimum atomic E-state index is -3.36. The molecule has 24 heavy (non-hydrogen) atoms. The number of benzene rings is 1. The molecule has 0 radical (unpaired) electrons. The van der Waals surface area contributed by atoms with Crippen LogP contribution >= 0.6 is 24.3 Å². The summed E-state index contributed by atoms with van der Waals surface area (Å²) in [6, 6.07) is 3.97. The maximum absolute atomic E-state index is 14.9. The van der Waals surface area contributed by atoms with Crippen LogP contribution in [0, 0.1) is 0 Å². The molecular weight excluding hydrogens is 407 g/mol. The Kier molecular flexibility index (Phi) is 6.20. The van der Waals surface area contributed by atoms with E-state index in [0.717, 1.165) is 0 Å². The Bertz CT molecular complexity index is 754. The number of alkyl halides is 2. The Morgan fingerprint density at radius 2 is 1.88 bits per heavy atom. The summed E-state index contributed by atoms with van der Waals surface area (Å²) in [7, 11) is -2.47. The zero-order chi connectivity index (χ0) is 17.9. The Labute approximate surface area is 147 Å². The maximum Gasteiger partial charge on any atom is 0.354 e. The summed E-state index contributed by atoms with van der Waals surface area (Å²) >= 11 is 3.15. The highest BCUT2D eigenvalue weighted by Crippen LogP contribution is 2.61. The van der Waals surface area contributed by atoms with Crippen LogP contribution in [0.5, 0.6) is 0 Å². The fourth-order valence-electron chi connectivity index (χ4n) is 2.05. The largest absolute Gasteiger partial charge is 0.477 e. The lowest BCUT2D eigenvalue weighted by Crippen LogP contribution is -2.15. The SMILES string of the molecule is CCOP(OCC)C(F)(F)c1cc2cc(C(=O)O)ncc2cc1Br. The van der Waals surface area contributed by atoms with Crippen molar-refractivity contribution in [3.63, 3.8) is 0 Å². The number of fused-ring (bicyclic) bond motifs is 1. The number of pyridine rings is 1. The first-order chi connectivity index (χ1) is 11.3. The number of carboxylic acid groups (broad SMARTS) is 1. The van der Waals surface area contributed by atoms with Crippen LogP contribution in [0.2, 0.25) is 0 Å². The molecule has 0 spiro atoms. The Hall–Kier alpha value is -1.21. The molecule has 0 aliphatic carbocycles. The van der Waals surface area contributed by atoms with Crippen molar-refractivity contribution in [3.05, 3.63) is 40.1 Å². The van der Waals surface area contributed by atoms with Crippen molar-refractivity contribution in [2.45, 2.75) is 19.5 Å². The lowest BCUT2D eigenvalue weighted by molar-refractivity contribution is 0.0565. The number of carbonyl (C=O) groups is 1. The van der Waals surface area contributed by atoms with Gasteiger partial charge in [-0.3, -0.25) is 0 Å². The van der Waals surface area contributed by atoms with E-state index in [4.69, 9.17) is 14.2 Å². The van der Waals surface area contributed by atoms with Crippen LogP contribution in [-0.2, 0) is 14.7 Å². The Morgan fingerprint density at radius 3 is 2.42 bits per heavy atom. The molecule has 0 saturated heterocycles. The fraction of sp³-hybridized carbons (Fsp3) is 0.333. The molecule has 0 unspecified atom stereocenters. The summed E-state index contributed by atoms with van der Waals surface area (Å²) in [6.45, 7) is 3.43. The van der Waals surface area contributed by atoms with E-state index in [0.29, 0.717) is 10.8 Å². The van der Waals surface area contributed by atoms with Gasteiger partial charge < -0.3 is 14.2 Å². The number of aromatic carboxylic acids is 1. The summed E-state index contributed by atoms with van der Waals surface area (Å²) in [5.74, 6) is -1.22. The molecule has 2 aromatic rings. The molecule has 2 rings (SSSR count). The molecule has 0 aliphatic rings. The van der Waals surface area contributed by atoms with Gasteiger partial charge in [-0.1, -0.05) is 15.9 Å². The quantitative estimate of drug-likeness (QED) is 0.627. The normalized spacial score (nSPS) is 12.1. The monoisotopic (exact) mass is 421 g/mol. The highest BCUT2D eigenvalue weighted by molar-refractivity contribution is 9.10. The topological polar surface area (TPSA) is 68.7 Å². The van der Waals surface area contributed by atoms with Crippen LogP contribution in [0.3, 0.4) is 0 Å². The summed E-state index contributed by atoms with van der Waals surface area (Å²) < 4.78 is 40.1. The van der Waals surface area contributed by atoms with Gasteiger partial charge in [-0.05, 0) is 37.4 Å². The minimum absolute atomic E-state index is 0.0968. The summed E-state index contributed by atoms with van der Waals surface area (Å²) in [5.41, 5.74) is -3.89. The zero-order valence-electron chi connectivity index (χ0n) is 12.9. The number of hydrogen-bond acceptors (Lipinski definition) is 4. The standard InChI is InChI=1S/C15H15BrF2NO4P/c1-3-22-24(23-4-2)15(17,18)11-5-9-7-13(14(20)21)19-8-10(9)6-12(11)16/h5-8H,3-4H2,1-2H3,(H,20,21). The molecule has 0 saturated carbocycles. The first-order valence-electron chi connectivity index (χ1n) is 7.08. The highest BCUT2D eigenvalue weighted by Gasteiger charge is 2.46. The summed E-state index contributed by atoms with van der Waals surface area (Å²) in [6.07, 6.45) is 1.33. The maximum atomic E-state index is 14.9. The van der Waals surface area contributed by atoms with E-state index in [-0.39, 0.29) is 28.9 Å². The highest BCUT2D eigenvalue weighted by atomic mass is 79.9. The predicted molar refractivity (Wildman–Crippen MR) is 90.5 cm³/mol. The van der Waals surface area contributed by atoms with Crippen molar-refractivity contribution in [1.82, 2.24) is 4.98 Å². The molecule has 0 bridgehead atoms. The van der Waals surface area contributed by atoms with Crippen molar-refractivity contribution in [2.24, 2.45) is 0 Å². The Balaban J connectivity index is 2.56. The van der Waals surface area contributed by atoms with Crippen molar-refractivity contribution >= 4 is 41.0 Å². The van der Waals surface area contributed by atoms with Gasteiger partial charge in [0.25, 0.3) is 8.38 Å². The van der Waals surface area contributed by atoms with E-state index < -0.39 is 20.0 Å². The zero-order valence-corrected chi connectivity index (χ0v) is 15.4. The second kappa shape index (κ2) is 7.78. The molecular formula is C15H15BrF2NO4P.